The number of hydrogen-bond acceptors (Lipinski definition) is 4. The van der Waals surface area contributed by atoms with Gasteiger partial charge in [-0.05, 0) is 50.1 Å². The zero-order valence-electron chi connectivity index (χ0n) is 13.8. The first-order chi connectivity index (χ1) is 11.2. The van der Waals surface area contributed by atoms with E-state index in [-0.39, 0.29) is 17.9 Å². The van der Waals surface area contributed by atoms with Crippen molar-refractivity contribution >= 4 is 17.5 Å². The Labute approximate surface area is 137 Å². The Kier molecular flexibility index (Phi) is 4.66. The third-order valence-corrected chi connectivity index (χ3v) is 5.00. The fourth-order valence-electron chi connectivity index (χ4n) is 3.75. The van der Waals surface area contributed by atoms with Crippen molar-refractivity contribution in [1.82, 2.24) is 4.90 Å². The van der Waals surface area contributed by atoms with Crippen LogP contribution < -0.4 is 9.64 Å². The molecule has 0 aromatic heterocycles. The van der Waals surface area contributed by atoms with Crippen LogP contribution in [0.3, 0.4) is 0 Å². The molecular weight excluding hydrogens is 292 g/mol. The van der Waals surface area contributed by atoms with E-state index < -0.39 is 0 Å². The van der Waals surface area contributed by atoms with E-state index in [1.807, 2.05) is 0 Å². The summed E-state index contributed by atoms with van der Waals surface area (Å²) < 4.78 is 5.13. The van der Waals surface area contributed by atoms with Crippen LogP contribution in [0.2, 0.25) is 0 Å². The van der Waals surface area contributed by atoms with Crippen molar-refractivity contribution in [2.45, 2.75) is 51.1 Å². The second-order valence-electron chi connectivity index (χ2n) is 6.28. The van der Waals surface area contributed by atoms with Crippen molar-refractivity contribution in [3.05, 3.63) is 24.3 Å². The van der Waals surface area contributed by atoms with E-state index >= 15 is 0 Å². The number of benzene rings is 1. The van der Waals surface area contributed by atoms with Crippen LogP contribution >= 0.6 is 0 Å². The number of nitrogens with zero attached hydrogens (tertiary/aromatic N) is 2. The van der Waals surface area contributed by atoms with E-state index in [0.29, 0.717) is 23.9 Å². The highest BCUT2D eigenvalue weighted by Crippen LogP contribution is 2.31. The molecule has 0 unspecified atom stereocenters. The lowest BCUT2D eigenvalue weighted by Crippen LogP contribution is -2.49. The minimum absolute atomic E-state index is 0.0829. The highest BCUT2D eigenvalue weighted by molar-refractivity contribution is 6.22. The van der Waals surface area contributed by atoms with E-state index in [9.17, 15) is 9.59 Å². The van der Waals surface area contributed by atoms with Gasteiger partial charge >= 0.3 is 0 Å². The Morgan fingerprint density at radius 2 is 1.91 bits per heavy atom. The van der Waals surface area contributed by atoms with Gasteiger partial charge in [0.1, 0.15) is 5.75 Å². The minimum Gasteiger partial charge on any atom is -0.497 e. The molecule has 0 aliphatic carbocycles. The fraction of sp³-hybridized carbons (Fsp3) is 0.556. The lowest BCUT2D eigenvalue weighted by molar-refractivity contribution is -0.123. The van der Waals surface area contributed by atoms with Crippen molar-refractivity contribution in [3.63, 3.8) is 0 Å². The van der Waals surface area contributed by atoms with Crippen LogP contribution in [0.1, 0.15) is 39.0 Å². The highest BCUT2D eigenvalue weighted by Gasteiger charge is 2.44. The molecule has 1 aromatic carbocycles. The number of imide groups is 1. The monoisotopic (exact) mass is 316 g/mol. The summed E-state index contributed by atoms with van der Waals surface area (Å²) in [5.41, 5.74) is 0.633. The number of methoxy groups -OCH3 is 1. The number of ether oxygens (including phenoxy) is 1. The molecule has 1 aromatic rings. The molecule has 0 bridgehead atoms. The Hall–Kier alpha value is -1.88. The third kappa shape index (κ3) is 2.98. The molecule has 2 aliphatic heterocycles. The highest BCUT2D eigenvalue weighted by atomic mass is 16.5. The third-order valence-electron chi connectivity index (χ3n) is 5.00. The molecular formula is C18H24N2O3. The maximum absolute atomic E-state index is 12.9. The molecule has 0 saturated carbocycles. The van der Waals surface area contributed by atoms with Crippen LogP contribution in [0.4, 0.5) is 5.69 Å². The second-order valence-corrected chi connectivity index (χ2v) is 6.28. The molecule has 2 fully saturated rings. The average molecular weight is 316 g/mol. The maximum Gasteiger partial charge on any atom is 0.251 e. The Morgan fingerprint density at radius 3 is 2.57 bits per heavy atom. The first-order valence-corrected chi connectivity index (χ1v) is 8.42. The standard InChI is InChI=1S/C18H24N2O3/c1-3-13-6-4-5-11-19(13)16-12-17(21)20(18(16)22)14-7-9-15(23-2)10-8-14/h7-10,13,16H,3-6,11-12H2,1-2H3/t13-,16+/m0/s1. The molecule has 2 atom stereocenters. The fourth-order valence-corrected chi connectivity index (χ4v) is 3.75. The van der Waals surface area contributed by atoms with Gasteiger partial charge in [0.15, 0.2) is 0 Å². The Bertz CT molecular complexity index is 584. The van der Waals surface area contributed by atoms with E-state index in [4.69, 9.17) is 4.74 Å². The second kappa shape index (κ2) is 6.71. The summed E-state index contributed by atoms with van der Waals surface area (Å²) in [6, 6.07) is 7.21. The molecule has 0 radical (unpaired) electrons. The van der Waals surface area contributed by atoms with Gasteiger partial charge in [0, 0.05) is 6.04 Å². The summed E-state index contributed by atoms with van der Waals surface area (Å²) in [4.78, 5) is 28.9. The largest absolute Gasteiger partial charge is 0.497 e. The molecule has 0 N–H and O–H groups in total. The van der Waals surface area contributed by atoms with Crippen molar-refractivity contribution in [3.8, 4) is 5.75 Å². The molecule has 2 heterocycles. The van der Waals surface area contributed by atoms with Gasteiger partial charge in [-0.1, -0.05) is 13.3 Å². The number of likely N-dealkylation sites (tertiary alicyclic amines) is 1. The number of amides is 2. The molecule has 2 amide bonds. The van der Waals surface area contributed by atoms with Crippen molar-refractivity contribution < 1.29 is 14.3 Å². The van der Waals surface area contributed by atoms with Crippen LogP contribution in [-0.4, -0.2) is 42.5 Å². The predicted octanol–water partition coefficient (Wildman–Crippen LogP) is 2.59. The van der Waals surface area contributed by atoms with Gasteiger partial charge in [-0.25, -0.2) is 4.90 Å². The molecule has 23 heavy (non-hydrogen) atoms. The van der Waals surface area contributed by atoms with Gasteiger partial charge in [0.05, 0.1) is 25.3 Å². The van der Waals surface area contributed by atoms with E-state index in [2.05, 4.69) is 11.8 Å². The molecule has 5 heteroatoms. The smallest absolute Gasteiger partial charge is 0.251 e. The van der Waals surface area contributed by atoms with Crippen LogP contribution in [0.25, 0.3) is 0 Å². The van der Waals surface area contributed by atoms with Gasteiger partial charge in [-0.3, -0.25) is 14.5 Å². The van der Waals surface area contributed by atoms with Gasteiger partial charge in [0.2, 0.25) is 5.91 Å². The predicted molar refractivity (Wildman–Crippen MR) is 88.5 cm³/mol. The minimum atomic E-state index is -0.296. The van der Waals surface area contributed by atoms with Crippen LogP contribution in [-0.2, 0) is 9.59 Å². The van der Waals surface area contributed by atoms with Crippen molar-refractivity contribution in [2.24, 2.45) is 0 Å². The Balaban J connectivity index is 1.81. The molecule has 0 spiro atoms. The first-order valence-electron chi connectivity index (χ1n) is 8.42. The van der Waals surface area contributed by atoms with E-state index in [1.54, 1.807) is 31.4 Å². The quantitative estimate of drug-likeness (QED) is 0.801. The Morgan fingerprint density at radius 1 is 1.17 bits per heavy atom. The molecule has 124 valence electrons. The summed E-state index contributed by atoms with van der Waals surface area (Å²) >= 11 is 0. The normalized spacial score (nSPS) is 25.9. The molecule has 5 nitrogen and oxygen atoms in total. The first kappa shape index (κ1) is 16.0. The number of piperidine rings is 1. The van der Waals surface area contributed by atoms with Crippen molar-refractivity contribution in [1.29, 1.82) is 0 Å². The van der Waals surface area contributed by atoms with Gasteiger partial charge in [-0.2, -0.15) is 0 Å². The summed E-state index contributed by atoms with van der Waals surface area (Å²) in [6.45, 7) is 3.07. The number of carbonyl (C=O) groups excluding carboxylic acids is 2. The molecule has 3 rings (SSSR count). The van der Waals surface area contributed by atoms with Crippen LogP contribution in [0.15, 0.2) is 24.3 Å². The summed E-state index contributed by atoms with van der Waals surface area (Å²) in [6.07, 6.45) is 4.77. The lowest BCUT2D eigenvalue weighted by atomic mass is 9.97. The summed E-state index contributed by atoms with van der Waals surface area (Å²) in [5, 5.41) is 0. The molecule has 2 aliphatic rings. The van der Waals surface area contributed by atoms with Gasteiger partial charge in [0.25, 0.3) is 5.91 Å². The number of carbonyl (C=O) groups is 2. The zero-order chi connectivity index (χ0) is 16.4. The number of hydrogen-bond donors (Lipinski definition) is 0. The summed E-state index contributed by atoms with van der Waals surface area (Å²) in [5.74, 6) is 0.526. The van der Waals surface area contributed by atoms with Crippen molar-refractivity contribution in [2.75, 3.05) is 18.6 Å². The lowest BCUT2D eigenvalue weighted by Gasteiger charge is -2.38. The molecule has 2 saturated heterocycles. The van der Waals surface area contributed by atoms with Crippen LogP contribution in [0.5, 0.6) is 5.75 Å². The van der Waals surface area contributed by atoms with E-state index in [0.717, 1.165) is 25.8 Å². The van der Waals surface area contributed by atoms with Gasteiger partial charge < -0.3 is 4.74 Å². The zero-order valence-corrected chi connectivity index (χ0v) is 13.8. The van der Waals surface area contributed by atoms with Crippen LogP contribution in [0, 0.1) is 0 Å². The van der Waals surface area contributed by atoms with Gasteiger partial charge in [-0.15, -0.1) is 0 Å². The average Bonchev–Trinajstić information content (AvgIpc) is 2.89. The number of rotatable bonds is 4. The van der Waals surface area contributed by atoms with E-state index in [1.165, 1.54) is 11.3 Å². The maximum atomic E-state index is 12.9. The topological polar surface area (TPSA) is 49.9 Å². The summed E-state index contributed by atoms with van der Waals surface area (Å²) in [7, 11) is 1.60. The number of anilines is 1. The SMILES string of the molecule is CC[C@H]1CCCCN1[C@@H]1CC(=O)N(c2ccc(OC)cc2)C1=O.